The van der Waals surface area contributed by atoms with Gasteiger partial charge in [0.2, 0.25) is 0 Å². The molecule has 0 radical (unpaired) electrons. The van der Waals surface area contributed by atoms with Crippen molar-refractivity contribution in [2.45, 2.75) is 44.6 Å². The molecule has 0 saturated carbocycles. The highest BCUT2D eigenvalue weighted by molar-refractivity contribution is 5.69. The zero-order valence-electron chi connectivity index (χ0n) is 8.74. The lowest BCUT2D eigenvalue weighted by atomic mass is 10.1. The summed E-state index contributed by atoms with van der Waals surface area (Å²) >= 11 is 0. The first-order valence-electron chi connectivity index (χ1n) is 5.06. The van der Waals surface area contributed by atoms with Gasteiger partial charge in [0.15, 0.2) is 0 Å². The predicted molar refractivity (Wildman–Crippen MR) is 52.8 cm³/mol. The fourth-order valence-electron chi connectivity index (χ4n) is 1.20. The second-order valence-electron chi connectivity index (χ2n) is 3.34. The zero-order valence-corrected chi connectivity index (χ0v) is 8.74. The molecule has 0 bridgehead atoms. The molecule has 0 aromatic carbocycles. The molecule has 1 atom stereocenters. The number of aliphatic hydroxyl groups excluding tert-OH is 2. The van der Waals surface area contributed by atoms with Gasteiger partial charge >= 0.3 is 5.97 Å². The number of hydrogen-bond donors (Lipinski definition) is 2. The Balaban J connectivity index is 3.27. The highest BCUT2D eigenvalue weighted by Gasteiger charge is 2.07. The van der Waals surface area contributed by atoms with Crippen LogP contribution in [0.25, 0.3) is 0 Å². The smallest absolute Gasteiger partial charge is 0.305 e. The second kappa shape index (κ2) is 8.97. The molecule has 14 heavy (non-hydrogen) atoms. The van der Waals surface area contributed by atoms with E-state index in [0.29, 0.717) is 12.8 Å². The van der Waals surface area contributed by atoms with E-state index in [9.17, 15) is 9.90 Å². The molecule has 0 unspecified atom stereocenters. The van der Waals surface area contributed by atoms with Gasteiger partial charge in [-0.05, 0) is 19.3 Å². The number of carbonyl (C=O) groups is 1. The summed E-state index contributed by atoms with van der Waals surface area (Å²) < 4.78 is 4.46. The van der Waals surface area contributed by atoms with Crippen LogP contribution >= 0.6 is 0 Å². The summed E-state index contributed by atoms with van der Waals surface area (Å²) in [6.45, 7) is 0.207. The summed E-state index contributed by atoms with van der Waals surface area (Å²) in [5, 5.41) is 17.9. The minimum Gasteiger partial charge on any atom is -0.469 e. The van der Waals surface area contributed by atoms with Crippen molar-refractivity contribution in [2.24, 2.45) is 0 Å². The summed E-state index contributed by atoms with van der Waals surface area (Å²) in [7, 11) is 1.34. The van der Waals surface area contributed by atoms with Crippen LogP contribution in [-0.2, 0) is 9.53 Å². The van der Waals surface area contributed by atoms with Crippen LogP contribution in [0.4, 0.5) is 0 Å². The summed E-state index contributed by atoms with van der Waals surface area (Å²) in [6, 6.07) is 0. The number of rotatable bonds is 8. The first kappa shape index (κ1) is 13.4. The summed E-state index contributed by atoms with van der Waals surface area (Å²) in [6.07, 6.45) is 3.60. The Morgan fingerprint density at radius 2 is 2.00 bits per heavy atom. The number of ether oxygens (including phenoxy) is 1. The fourth-order valence-corrected chi connectivity index (χ4v) is 1.20. The number of methoxy groups -OCH3 is 1. The molecule has 2 N–H and O–H groups in total. The van der Waals surface area contributed by atoms with E-state index in [4.69, 9.17) is 5.11 Å². The third kappa shape index (κ3) is 8.01. The van der Waals surface area contributed by atoms with Gasteiger partial charge in [0.05, 0.1) is 13.2 Å². The number of hydrogen-bond acceptors (Lipinski definition) is 4. The van der Waals surface area contributed by atoms with E-state index in [1.807, 2.05) is 0 Å². The maximum atomic E-state index is 10.7. The minimum absolute atomic E-state index is 0.207. The molecule has 0 rings (SSSR count). The molecule has 4 heteroatoms. The number of carbonyl (C=O) groups excluding carboxylic acids is 1. The van der Waals surface area contributed by atoms with Crippen molar-refractivity contribution in [1.29, 1.82) is 0 Å². The zero-order chi connectivity index (χ0) is 10.8. The van der Waals surface area contributed by atoms with Crippen molar-refractivity contribution in [1.82, 2.24) is 0 Å². The first-order chi connectivity index (χ1) is 6.70. The first-order valence-corrected chi connectivity index (χ1v) is 5.06. The van der Waals surface area contributed by atoms with Crippen molar-refractivity contribution in [2.75, 3.05) is 13.7 Å². The van der Waals surface area contributed by atoms with Gasteiger partial charge in [0, 0.05) is 13.0 Å². The highest BCUT2D eigenvalue weighted by Crippen LogP contribution is 2.08. The van der Waals surface area contributed by atoms with Gasteiger partial charge in [-0.2, -0.15) is 0 Å². The fraction of sp³-hybridized carbons (Fsp3) is 0.900. The van der Waals surface area contributed by atoms with Crippen LogP contribution in [-0.4, -0.2) is 36.0 Å². The SMILES string of the molecule is COC(=O)CC[C@H](O)CCCCCO. The van der Waals surface area contributed by atoms with Crippen molar-refractivity contribution in [3.8, 4) is 0 Å². The van der Waals surface area contributed by atoms with E-state index in [-0.39, 0.29) is 19.0 Å². The Kier molecular flexibility index (Phi) is 8.57. The monoisotopic (exact) mass is 204 g/mol. The Hall–Kier alpha value is -0.610. The number of unbranched alkanes of at least 4 members (excludes halogenated alkanes) is 2. The highest BCUT2D eigenvalue weighted by atomic mass is 16.5. The van der Waals surface area contributed by atoms with Crippen molar-refractivity contribution < 1.29 is 19.7 Å². The van der Waals surface area contributed by atoms with Crippen LogP contribution in [0.3, 0.4) is 0 Å². The third-order valence-electron chi connectivity index (χ3n) is 2.10. The molecule has 0 spiro atoms. The largest absolute Gasteiger partial charge is 0.469 e. The van der Waals surface area contributed by atoms with E-state index in [1.54, 1.807) is 0 Å². The lowest BCUT2D eigenvalue weighted by Crippen LogP contribution is -2.10. The van der Waals surface area contributed by atoms with E-state index < -0.39 is 6.10 Å². The predicted octanol–water partition coefficient (Wildman–Crippen LogP) is 0.853. The van der Waals surface area contributed by atoms with E-state index in [0.717, 1.165) is 19.3 Å². The summed E-state index contributed by atoms with van der Waals surface area (Å²) in [5.41, 5.74) is 0. The van der Waals surface area contributed by atoms with Crippen molar-refractivity contribution in [3.05, 3.63) is 0 Å². The molecule has 0 aliphatic rings. The van der Waals surface area contributed by atoms with Crippen molar-refractivity contribution >= 4 is 5.97 Å². The summed E-state index contributed by atoms with van der Waals surface area (Å²) in [4.78, 5) is 10.7. The topological polar surface area (TPSA) is 66.8 Å². The van der Waals surface area contributed by atoms with Gasteiger partial charge in [0.25, 0.3) is 0 Å². The summed E-state index contributed by atoms with van der Waals surface area (Å²) in [5.74, 6) is -0.278. The minimum atomic E-state index is -0.423. The molecule has 0 fully saturated rings. The molecular formula is C10H20O4. The molecule has 0 aromatic rings. The van der Waals surface area contributed by atoms with E-state index in [1.165, 1.54) is 7.11 Å². The van der Waals surface area contributed by atoms with Crippen molar-refractivity contribution in [3.63, 3.8) is 0 Å². The molecule has 0 aliphatic heterocycles. The van der Waals surface area contributed by atoms with Gasteiger partial charge < -0.3 is 14.9 Å². The van der Waals surface area contributed by atoms with Gasteiger partial charge in [-0.25, -0.2) is 0 Å². The Bertz CT molecular complexity index is 147. The lowest BCUT2D eigenvalue weighted by molar-refractivity contribution is -0.141. The van der Waals surface area contributed by atoms with Crippen LogP contribution in [0.5, 0.6) is 0 Å². The van der Waals surface area contributed by atoms with Crippen LogP contribution in [0.15, 0.2) is 0 Å². The third-order valence-corrected chi connectivity index (χ3v) is 2.10. The molecule has 0 saturated heterocycles. The van der Waals surface area contributed by atoms with E-state index in [2.05, 4.69) is 4.74 Å². The molecule has 4 nitrogen and oxygen atoms in total. The average Bonchev–Trinajstić information content (AvgIpc) is 2.21. The van der Waals surface area contributed by atoms with E-state index >= 15 is 0 Å². The standard InChI is InChI=1S/C10H20O4/c1-14-10(13)7-6-9(12)5-3-2-4-8-11/h9,11-12H,2-8H2,1H3/t9-/m1/s1. The van der Waals surface area contributed by atoms with Crippen LogP contribution in [0.1, 0.15) is 38.5 Å². The Labute approximate surface area is 84.9 Å². The van der Waals surface area contributed by atoms with Gasteiger partial charge in [0.1, 0.15) is 0 Å². The maximum Gasteiger partial charge on any atom is 0.305 e. The second-order valence-corrected chi connectivity index (χ2v) is 3.34. The lowest BCUT2D eigenvalue weighted by Gasteiger charge is -2.08. The normalized spacial score (nSPS) is 12.5. The van der Waals surface area contributed by atoms with Crippen LogP contribution in [0.2, 0.25) is 0 Å². The Morgan fingerprint density at radius 1 is 1.29 bits per heavy atom. The maximum absolute atomic E-state index is 10.7. The molecule has 0 aromatic heterocycles. The van der Waals surface area contributed by atoms with Crippen LogP contribution < -0.4 is 0 Å². The molecular weight excluding hydrogens is 184 g/mol. The number of esters is 1. The average molecular weight is 204 g/mol. The van der Waals surface area contributed by atoms with Gasteiger partial charge in [-0.1, -0.05) is 12.8 Å². The quantitative estimate of drug-likeness (QED) is 0.454. The van der Waals surface area contributed by atoms with Crippen LogP contribution in [0, 0.1) is 0 Å². The number of aliphatic hydroxyl groups is 2. The molecule has 0 amide bonds. The molecule has 0 aliphatic carbocycles. The molecule has 84 valence electrons. The van der Waals surface area contributed by atoms with Gasteiger partial charge in [-0.3, -0.25) is 4.79 Å². The van der Waals surface area contributed by atoms with Gasteiger partial charge in [-0.15, -0.1) is 0 Å². The Morgan fingerprint density at radius 3 is 2.57 bits per heavy atom. The molecule has 0 heterocycles.